The van der Waals surface area contributed by atoms with Crippen molar-refractivity contribution in [1.82, 2.24) is 9.97 Å². The van der Waals surface area contributed by atoms with Gasteiger partial charge in [-0.1, -0.05) is 0 Å². The van der Waals surface area contributed by atoms with Crippen molar-refractivity contribution in [2.75, 3.05) is 14.2 Å². The number of aromatic nitrogens is 2. The van der Waals surface area contributed by atoms with Crippen molar-refractivity contribution in [2.24, 2.45) is 0 Å². The molecule has 0 saturated heterocycles. The van der Waals surface area contributed by atoms with Crippen LogP contribution in [0.5, 0.6) is 11.5 Å². The molecule has 0 fully saturated rings. The molecule has 0 radical (unpaired) electrons. The molecular weight excluding hydrogens is 264 g/mol. The van der Waals surface area contributed by atoms with Gasteiger partial charge in [0.2, 0.25) is 5.12 Å². The number of ether oxygens (including phenoxy) is 2. The Balaban J connectivity index is 2.20. The Hall–Kier alpha value is -2.08. The Morgan fingerprint density at radius 3 is 2.42 bits per heavy atom. The lowest BCUT2D eigenvalue weighted by molar-refractivity contribution is 0.108. The molecule has 1 aromatic carbocycles. The van der Waals surface area contributed by atoms with Crippen molar-refractivity contribution < 1.29 is 14.3 Å². The molecule has 2 aromatic rings. The molecule has 98 valence electrons. The van der Waals surface area contributed by atoms with Gasteiger partial charge in [0.15, 0.2) is 16.7 Å². The van der Waals surface area contributed by atoms with E-state index in [4.69, 9.17) is 9.47 Å². The predicted octanol–water partition coefficient (Wildman–Crippen LogP) is 2.43. The zero-order valence-electron chi connectivity index (χ0n) is 10.5. The molecular formula is C13H12N2O3S. The Morgan fingerprint density at radius 1 is 1.11 bits per heavy atom. The van der Waals surface area contributed by atoms with Gasteiger partial charge in [0.05, 0.1) is 14.2 Å². The van der Waals surface area contributed by atoms with Gasteiger partial charge in [0, 0.05) is 18.0 Å². The van der Waals surface area contributed by atoms with Crippen LogP contribution >= 0.6 is 11.8 Å². The molecule has 1 aromatic heterocycles. The second kappa shape index (κ2) is 6.19. The molecule has 0 N–H and O–H groups in total. The number of carbonyl (C=O) groups excluding carboxylic acids is 1. The molecule has 0 aliphatic rings. The highest BCUT2D eigenvalue weighted by molar-refractivity contribution is 8.14. The van der Waals surface area contributed by atoms with Crippen LogP contribution in [0.15, 0.2) is 41.8 Å². The maximum Gasteiger partial charge on any atom is 0.227 e. The van der Waals surface area contributed by atoms with E-state index in [0.717, 1.165) is 11.8 Å². The highest BCUT2D eigenvalue weighted by Gasteiger charge is 2.13. The van der Waals surface area contributed by atoms with E-state index in [1.54, 1.807) is 43.8 Å². The number of thioether (sulfide) groups is 1. The average Bonchev–Trinajstić information content (AvgIpc) is 2.47. The standard InChI is InChI=1S/C13H12N2O3S/c1-17-10-5-4-9(8-11(10)18-2)12(16)19-13-14-6-3-7-15-13/h3-8H,1-2H3. The Kier molecular flexibility index (Phi) is 4.35. The highest BCUT2D eigenvalue weighted by atomic mass is 32.2. The Bertz CT molecular complexity index is 575. The van der Waals surface area contributed by atoms with E-state index in [1.807, 2.05) is 0 Å². The van der Waals surface area contributed by atoms with Crippen molar-refractivity contribution >= 4 is 16.9 Å². The first-order valence-corrected chi connectivity index (χ1v) is 6.27. The lowest BCUT2D eigenvalue weighted by Gasteiger charge is -2.08. The number of benzene rings is 1. The third kappa shape index (κ3) is 3.23. The summed E-state index contributed by atoms with van der Waals surface area (Å²) in [6.45, 7) is 0. The van der Waals surface area contributed by atoms with Crippen LogP contribution in [0.4, 0.5) is 0 Å². The third-order valence-electron chi connectivity index (χ3n) is 2.35. The number of rotatable bonds is 4. The summed E-state index contributed by atoms with van der Waals surface area (Å²) in [5, 5.41) is 0.273. The smallest absolute Gasteiger partial charge is 0.227 e. The summed E-state index contributed by atoms with van der Waals surface area (Å²) in [5.41, 5.74) is 0.509. The summed E-state index contributed by atoms with van der Waals surface area (Å²) in [5.74, 6) is 1.10. The van der Waals surface area contributed by atoms with Crippen molar-refractivity contribution in [2.45, 2.75) is 5.16 Å². The quantitative estimate of drug-likeness (QED) is 0.631. The normalized spacial score (nSPS) is 10.0. The second-order valence-corrected chi connectivity index (χ2v) is 4.43. The van der Waals surface area contributed by atoms with Gasteiger partial charge in [-0.2, -0.15) is 0 Å². The first-order chi connectivity index (χ1) is 9.24. The summed E-state index contributed by atoms with van der Waals surface area (Å²) in [6, 6.07) is 6.71. The van der Waals surface area contributed by atoms with E-state index < -0.39 is 0 Å². The van der Waals surface area contributed by atoms with Gasteiger partial charge in [0.25, 0.3) is 0 Å². The minimum Gasteiger partial charge on any atom is -0.493 e. The first-order valence-electron chi connectivity index (χ1n) is 5.46. The molecule has 0 bridgehead atoms. The first kappa shape index (κ1) is 13.4. The molecule has 0 spiro atoms. The van der Waals surface area contributed by atoms with Gasteiger partial charge in [-0.3, -0.25) is 4.79 Å². The minimum absolute atomic E-state index is 0.146. The van der Waals surface area contributed by atoms with Crippen molar-refractivity contribution in [3.8, 4) is 11.5 Å². The summed E-state index contributed by atoms with van der Waals surface area (Å²) in [6.07, 6.45) is 3.19. The summed E-state index contributed by atoms with van der Waals surface area (Å²) < 4.78 is 10.3. The molecule has 6 heteroatoms. The van der Waals surface area contributed by atoms with E-state index in [9.17, 15) is 4.79 Å². The summed E-state index contributed by atoms with van der Waals surface area (Å²) >= 11 is 0.972. The van der Waals surface area contributed by atoms with E-state index in [2.05, 4.69) is 9.97 Å². The maximum absolute atomic E-state index is 12.1. The van der Waals surface area contributed by atoms with E-state index in [0.29, 0.717) is 22.2 Å². The van der Waals surface area contributed by atoms with Crippen molar-refractivity contribution in [3.63, 3.8) is 0 Å². The lowest BCUT2D eigenvalue weighted by Crippen LogP contribution is -1.98. The average molecular weight is 276 g/mol. The zero-order chi connectivity index (χ0) is 13.7. The zero-order valence-corrected chi connectivity index (χ0v) is 11.3. The van der Waals surface area contributed by atoms with Crippen LogP contribution in [0.3, 0.4) is 0 Å². The van der Waals surface area contributed by atoms with Gasteiger partial charge in [-0.25, -0.2) is 9.97 Å². The lowest BCUT2D eigenvalue weighted by atomic mass is 10.2. The highest BCUT2D eigenvalue weighted by Crippen LogP contribution is 2.29. The maximum atomic E-state index is 12.1. The third-order valence-corrected chi connectivity index (χ3v) is 3.16. The molecule has 0 saturated carbocycles. The van der Waals surface area contributed by atoms with Crippen LogP contribution in [-0.2, 0) is 0 Å². The second-order valence-electron chi connectivity index (χ2n) is 3.49. The number of hydrogen-bond acceptors (Lipinski definition) is 6. The predicted molar refractivity (Wildman–Crippen MR) is 71.8 cm³/mol. The fourth-order valence-electron chi connectivity index (χ4n) is 1.44. The Morgan fingerprint density at radius 2 is 1.79 bits per heavy atom. The molecule has 0 aliphatic heterocycles. The van der Waals surface area contributed by atoms with Crippen LogP contribution < -0.4 is 9.47 Å². The monoisotopic (exact) mass is 276 g/mol. The van der Waals surface area contributed by atoms with Gasteiger partial charge < -0.3 is 9.47 Å². The molecule has 1 heterocycles. The van der Waals surface area contributed by atoms with Crippen molar-refractivity contribution in [1.29, 1.82) is 0 Å². The molecule has 19 heavy (non-hydrogen) atoms. The van der Waals surface area contributed by atoms with Gasteiger partial charge in [-0.05, 0) is 36.0 Å². The van der Waals surface area contributed by atoms with Crippen LogP contribution in [0, 0.1) is 0 Å². The molecule has 2 rings (SSSR count). The Labute approximate surface area is 115 Å². The SMILES string of the molecule is COc1ccc(C(=O)Sc2ncccn2)cc1OC. The van der Waals surface area contributed by atoms with Crippen LogP contribution in [0.25, 0.3) is 0 Å². The molecule has 0 amide bonds. The molecule has 0 aliphatic carbocycles. The van der Waals surface area contributed by atoms with Crippen LogP contribution in [-0.4, -0.2) is 29.3 Å². The molecule has 5 nitrogen and oxygen atoms in total. The summed E-state index contributed by atoms with van der Waals surface area (Å²) in [7, 11) is 3.07. The number of methoxy groups -OCH3 is 2. The van der Waals surface area contributed by atoms with Crippen LogP contribution in [0.1, 0.15) is 10.4 Å². The van der Waals surface area contributed by atoms with Gasteiger partial charge in [0.1, 0.15) is 0 Å². The number of nitrogens with zero attached hydrogens (tertiary/aromatic N) is 2. The minimum atomic E-state index is -0.146. The number of hydrogen-bond donors (Lipinski definition) is 0. The molecule has 0 unspecified atom stereocenters. The largest absolute Gasteiger partial charge is 0.493 e. The van der Waals surface area contributed by atoms with Crippen molar-refractivity contribution in [3.05, 3.63) is 42.2 Å². The fourth-order valence-corrected chi connectivity index (χ4v) is 2.08. The van der Waals surface area contributed by atoms with Gasteiger partial charge in [-0.15, -0.1) is 0 Å². The van der Waals surface area contributed by atoms with E-state index in [-0.39, 0.29) is 5.12 Å². The molecule has 0 atom stereocenters. The van der Waals surface area contributed by atoms with E-state index in [1.165, 1.54) is 7.11 Å². The summed E-state index contributed by atoms with van der Waals surface area (Å²) in [4.78, 5) is 20.1. The van der Waals surface area contributed by atoms with Gasteiger partial charge >= 0.3 is 0 Å². The van der Waals surface area contributed by atoms with Crippen LogP contribution in [0.2, 0.25) is 0 Å². The number of carbonyl (C=O) groups is 1. The fraction of sp³-hybridized carbons (Fsp3) is 0.154. The topological polar surface area (TPSA) is 61.3 Å². The van der Waals surface area contributed by atoms with E-state index >= 15 is 0 Å².